The number of nitrogens with zero attached hydrogens (tertiary/aromatic N) is 4. The van der Waals surface area contributed by atoms with Crippen molar-refractivity contribution in [1.29, 1.82) is 0 Å². The van der Waals surface area contributed by atoms with Gasteiger partial charge in [-0.25, -0.2) is 0 Å². The molecule has 2 aromatic carbocycles. The SMILES string of the molecule is Cc1ccccc1-n1cnnc1SCC(=O)N1CC(=O)Nc2ccccc21. The van der Waals surface area contributed by atoms with Crippen molar-refractivity contribution in [3.8, 4) is 5.69 Å². The van der Waals surface area contributed by atoms with E-state index in [-0.39, 0.29) is 24.1 Å². The van der Waals surface area contributed by atoms with Crippen molar-refractivity contribution >= 4 is 35.0 Å². The average molecular weight is 379 g/mol. The highest BCUT2D eigenvalue weighted by Crippen LogP contribution is 2.30. The zero-order valence-corrected chi connectivity index (χ0v) is 15.4. The molecule has 3 aromatic rings. The number of carbonyl (C=O) groups excluding carboxylic acids is 2. The molecule has 0 radical (unpaired) electrons. The molecule has 0 unspecified atom stereocenters. The van der Waals surface area contributed by atoms with Gasteiger partial charge in [0.2, 0.25) is 11.8 Å². The van der Waals surface area contributed by atoms with Crippen LogP contribution in [-0.4, -0.2) is 38.9 Å². The van der Waals surface area contributed by atoms with Gasteiger partial charge in [-0.15, -0.1) is 10.2 Å². The van der Waals surface area contributed by atoms with E-state index in [9.17, 15) is 9.59 Å². The Morgan fingerprint density at radius 2 is 1.89 bits per heavy atom. The highest BCUT2D eigenvalue weighted by atomic mass is 32.2. The van der Waals surface area contributed by atoms with Crippen LogP contribution in [0.4, 0.5) is 11.4 Å². The molecule has 0 aliphatic carbocycles. The molecule has 0 spiro atoms. The number of carbonyl (C=O) groups is 2. The third-order valence-corrected chi connectivity index (χ3v) is 5.22. The highest BCUT2D eigenvalue weighted by molar-refractivity contribution is 7.99. The minimum absolute atomic E-state index is 0.0148. The summed E-state index contributed by atoms with van der Waals surface area (Å²) in [6.45, 7) is 2.03. The molecule has 1 N–H and O–H groups in total. The summed E-state index contributed by atoms with van der Waals surface area (Å²) < 4.78 is 1.87. The number of benzene rings is 2. The predicted octanol–water partition coefficient (Wildman–Crippen LogP) is 2.65. The van der Waals surface area contributed by atoms with Crippen LogP contribution >= 0.6 is 11.8 Å². The van der Waals surface area contributed by atoms with Gasteiger partial charge in [0, 0.05) is 0 Å². The third-order valence-electron chi connectivity index (χ3n) is 4.29. The second-order valence-electron chi connectivity index (χ2n) is 6.10. The van der Waals surface area contributed by atoms with Crippen molar-refractivity contribution in [1.82, 2.24) is 14.8 Å². The number of aromatic nitrogens is 3. The summed E-state index contributed by atoms with van der Waals surface area (Å²) in [7, 11) is 0. The van der Waals surface area contributed by atoms with Crippen molar-refractivity contribution in [2.75, 3.05) is 22.5 Å². The smallest absolute Gasteiger partial charge is 0.244 e. The second kappa shape index (κ2) is 7.24. The summed E-state index contributed by atoms with van der Waals surface area (Å²) in [6, 6.07) is 15.2. The van der Waals surface area contributed by atoms with Gasteiger partial charge < -0.3 is 10.2 Å². The predicted molar refractivity (Wildman–Crippen MR) is 104 cm³/mol. The Kier molecular flexibility index (Phi) is 4.64. The third kappa shape index (κ3) is 3.43. The fraction of sp³-hybridized carbons (Fsp3) is 0.158. The molecule has 2 heterocycles. The number of aryl methyl sites for hydroxylation is 1. The number of fused-ring (bicyclic) bond motifs is 1. The zero-order chi connectivity index (χ0) is 18.8. The van der Waals surface area contributed by atoms with Crippen LogP contribution in [0.2, 0.25) is 0 Å². The van der Waals surface area contributed by atoms with Crippen LogP contribution in [0.5, 0.6) is 0 Å². The van der Waals surface area contributed by atoms with E-state index in [1.165, 1.54) is 16.7 Å². The van der Waals surface area contributed by atoms with E-state index in [1.54, 1.807) is 12.4 Å². The Labute approximate surface area is 160 Å². The van der Waals surface area contributed by atoms with Crippen molar-refractivity contribution in [2.45, 2.75) is 12.1 Å². The van der Waals surface area contributed by atoms with Crippen LogP contribution < -0.4 is 10.2 Å². The van der Waals surface area contributed by atoms with E-state index in [0.29, 0.717) is 16.5 Å². The van der Waals surface area contributed by atoms with E-state index in [2.05, 4.69) is 15.5 Å². The number of amides is 2. The molecule has 8 heteroatoms. The molecule has 1 aromatic heterocycles. The van der Waals surface area contributed by atoms with Crippen molar-refractivity contribution < 1.29 is 9.59 Å². The van der Waals surface area contributed by atoms with Gasteiger partial charge in [0.15, 0.2) is 5.16 Å². The van der Waals surface area contributed by atoms with Gasteiger partial charge >= 0.3 is 0 Å². The van der Waals surface area contributed by atoms with Crippen molar-refractivity contribution in [3.63, 3.8) is 0 Å². The molecule has 136 valence electrons. The Balaban J connectivity index is 1.53. The van der Waals surface area contributed by atoms with Crippen molar-refractivity contribution in [3.05, 3.63) is 60.4 Å². The average Bonchev–Trinajstić information content (AvgIpc) is 3.14. The number of para-hydroxylation sites is 3. The number of anilines is 2. The molecule has 0 bridgehead atoms. The molecule has 0 atom stereocenters. The quantitative estimate of drug-likeness (QED) is 0.705. The van der Waals surface area contributed by atoms with E-state index in [0.717, 1.165) is 11.3 Å². The van der Waals surface area contributed by atoms with E-state index in [4.69, 9.17) is 0 Å². The summed E-state index contributed by atoms with van der Waals surface area (Å²) >= 11 is 1.30. The van der Waals surface area contributed by atoms with Crippen LogP contribution in [0.25, 0.3) is 5.69 Å². The molecule has 27 heavy (non-hydrogen) atoms. The topological polar surface area (TPSA) is 80.1 Å². The first-order chi connectivity index (χ1) is 13.1. The lowest BCUT2D eigenvalue weighted by atomic mass is 10.2. The molecular formula is C19H17N5O2S. The van der Waals surface area contributed by atoms with Crippen LogP contribution in [0.15, 0.2) is 60.0 Å². The number of thioether (sulfide) groups is 1. The Bertz CT molecular complexity index is 1020. The summed E-state index contributed by atoms with van der Waals surface area (Å²) in [4.78, 5) is 26.2. The van der Waals surface area contributed by atoms with Crippen LogP contribution in [0.1, 0.15) is 5.56 Å². The summed E-state index contributed by atoms with van der Waals surface area (Å²) in [6.07, 6.45) is 1.64. The molecule has 0 saturated carbocycles. The minimum Gasteiger partial charge on any atom is -0.323 e. The van der Waals surface area contributed by atoms with E-state index < -0.39 is 0 Å². The van der Waals surface area contributed by atoms with E-state index >= 15 is 0 Å². The van der Waals surface area contributed by atoms with Gasteiger partial charge in [-0.3, -0.25) is 14.2 Å². The highest BCUT2D eigenvalue weighted by Gasteiger charge is 2.26. The van der Waals surface area contributed by atoms with Crippen LogP contribution in [-0.2, 0) is 9.59 Å². The first-order valence-corrected chi connectivity index (χ1v) is 9.40. The van der Waals surface area contributed by atoms with Gasteiger partial charge in [-0.2, -0.15) is 0 Å². The molecule has 0 fully saturated rings. The number of hydrogen-bond acceptors (Lipinski definition) is 5. The molecule has 7 nitrogen and oxygen atoms in total. The maximum Gasteiger partial charge on any atom is 0.244 e. The number of hydrogen-bond donors (Lipinski definition) is 1. The second-order valence-corrected chi connectivity index (χ2v) is 7.05. The standard InChI is InChI=1S/C19H17N5O2S/c1-13-6-2-4-8-15(13)24-12-20-22-19(24)27-11-18(26)23-10-17(25)21-14-7-3-5-9-16(14)23/h2-9,12H,10-11H2,1H3,(H,21,25). The summed E-state index contributed by atoms with van der Waals surface area (Å²) in [5.41, 5.74) is 3.42. The minimum atomic E-state index is -0.199. The normalized spacial score (nSPS) is 13.2. The molecule has 2 amide bonds. The van der Waals surface area contributed by atoms with Crippen molar-refractivity contribution in [2.24, 2.45) is 0 Å². The monoisotopic (exact) mass is 379 g/mol. The maximum atomic E-state index is 12.8. The molecule has 4 rings (SSSR count). The summed E-state index contributed by atoms with van der Waals surface area (Å²) in [5, 5.41) is 11.5. The first-order valence-electron chi connectivity index (χ1n) is 8.41. The van der Waals surface area contributed by atoms with Crippen LogP contribution in [0, 0.1) is 6.92 Å². The lowest BCUT2D eigenvalue weighted by Crippen LogP contribution is -2.43. The molecule has 1 aliphatic rings. The largest absolute Gasteiger partial charge is 0.323 e. The van der Waals surface area contributed by atoms with Gasteiger partial charge in [-0.1, -0.05) is 42.1 Å². The Hall–Kier alpha value is -3.13. The fourth-order valence-corrected chi connectivity index (χ4v) is 3.78. The van der Waals surface area contributed by atoms with Crippen LogP contribution in [0.3, 0.4) is 0 Å². The first kappa shape index (κ1) is 17.3. The molecule has 1 aliphatic heterocycles. The maximum absolute atomic E-state index is 12.8. The zero-order valence-electron chi connectivity index (χ0n) is 14.6. The number of rotatable bonds is 4. The van der Waals surface area contributed by atoms with Gasteiger partial charge in [0.25, 0.3) is 0 Å². The lowest BCUT2D eigenvalue weighted by molar-refractivity contribution is -0.120. The Morgan fingerprint density at radius 1 is 1.15 bits per heavy atom. The Morgan fingerprint density at radius 3 is 2.70 bits per heavy atom. The molecular weight excluding hydrogens is 362 g/mol. The fourth-order valence-electron chi connectivity index (χ4n) is 2.98. The van der Waals surface area contributed by atoms with Gasteiger partial charge in [0.05, 0.1) is 22.8 Å². The summed E-state index contributed by atoms with van der Waals surface area (Å²) in [5.74, 6) is -0.191. The van der Waals surface area contributed by atoms with Gasteiger partial charge in [0.1, 0.15) is 12.9 Å². The van der Waals surface area contributed by atoms with Gasteiger partial charge in [-0.05, 0) is 30.7 Å². The lowest BCUT2D eigenvalue weighted by Gasteiger charge is -2.29. The molecule has 0 saturated heterocycles. The number of nitrogens with one attached hydrogen (secondary N) is 1. The van der Waals surface area contributed by atoms with E-state index in [1.807, 2.05) is 54.0 Å².